The summed E-state index contributed by atoms with van der Waals surface area (Å²) < 4.78 is 2.43. The average Bonchev–Trinajstić information content (AvgIpc) is 3.57. The molecule has 0 N–H and O–H groups in total. The van der Waals surface area contributed by atoms with Gasteiger partial charge >= 0.3 is 0 Å². The number of benzene rings is 7. The van der Waals surface area contributed by atoms with Crippen molar-refractivity contribution in [1.82, 2.24) is 15.0 Å². The molecule has 0 saturated carbocycles. The third-order valence-electron chi connectivity index (χ3n) is 8.97. The molecule has 0 atom stereocenters. The van der Waals surface area contributed by atoms with Gasteiger partial charge in [-0.05, 0) is 51.6 Å². The summed E-state index contributed by atoms with van der Waals surface area (Å²) in [6, 6.07) is 61.6. The molecule has 9 aromatic rings. The first kappa shape index (κ1) is 29.0. The number of thiophene rings is 1. The SMILES string of the molecule is c1ccc(-c2nc(-c3cccc(-c4ccccc4-c4ccccc4-c4ccccc4)c3)nc(-c3cccc4c3sc3ccccc34)n2)cc1. The van der Waals surface area contributed by atoms with Crippen molar-refractivity contribution in [3.8, 4) is 67.5 Å². The molecule has 0 radical (unpaired) electrons. The van der Waals surface area contributed by atoms with E-state index in [9.17, 15) is 0 Å². The van der Waals surface area contributed by atoms with Crippen molar-refractivity contribution in [1.29, 1.82) is 0 Å². The van der Waals surface area contributed by atoms with Gasteiger partial charge in [0.2, 0.25) is 0 Å². The molecule has 9 rings (SSSR count). The smallest absolute Gasteiger partial charge is 0.165 e. The summed E-state index contributed by atoms with van der Waals surface area (Å²) in [4.78, 5) is 15.3. The number of fused-ring (bicyclic) bond motifs is 3. The molecule has 0 bridgehead atoms. The molecule has 3 nitrogen and oxygen atoms in total. The first-order valence-electron chi connectivity index (χ1n) is 16.4. The van der Waals surface area contributed by atoms with Gasteiger partial charge in [0.1, 0.15) is 0 Å². The summed E-state index contributed by atoms with van der Waals surface area (Å²) in [5.41, 5.74) is 9.93. The van der Waals surface area contributed by atoms with Crippen LogP contribution in [-0.2, 0) is 0 Å². The van der Waals surface area contributed by atoms with Crippen molar-refractivity contribution >= 4 is 31.5 Å². The standard InChI is InChI=1S/C45H29N3S/c1-3-15-30(16-4-1)34-21-7-9-23-36(34)37-24-10-8-22-35(37)32-19-13-20-33(29-32)44-46-43(31-17-5-2-6-18-31)47-45(48-44)40-27-14-26-39-38-25-11-12-28-41(38)49-42(39)40/h1-29H. The van der Waals surface area contributed by atoms with Crippen LogP contribution in [-0.4, -0.2) is 15.0 Å². The fourth-order valence-corrected chi connectivity index (χ4v) is 7.86. The van der Waals surface area contributed by atoms with Crippen LogP contribution in [0, 0.1) is 0 Å². The normalized spacial score (nSPS) is 11.3. The lowest BCUT2D eigenvalue weighted by Gasteiger charge is -2.15. The molecule has 2 aromatic heterocycles. The van der Waals surface area contributed by atoms with Gasteiger partial charge in [0.05, 0.1) is 0 Å². The fraction of sp³-hybridized carbons (Fsp3) is 0. The first-order valence-corrected chi connectivity index (χ1v) is 17.2. The van der Waals surface area contributed by atoms with E-state index in [1.807, 2.05) is 18.2 Å². The zero-order valence-corrected chi connectivity index (χ0v) is 27.3. The maximum Gasteiger partial charge on any atom is 0.165 e. The number of nitrogens with zero attached hydrogens (tertiary/aromatic N) is 3. The van der Waals surface area contributed by atoms with Crippen LogP contribution >= 0.6 is 11.3 Å². The van der Waals surface area contributed by atoms with E-state index < -0.39 is 0 Å². The quantitative estimate of drug-likeness (QED) is 0.181. The summed E-state index contributed by atoms with van der Waals surface area (Å²) >= 11 is 1.78. The van der Waals surface area contributed by atoms with Crippen molar-refractivity contribution < 1.29 is 0 Å². The van der Waals surface area contributed by atoms with Crippen LogP contribution in [0.3, 0.4) is 0 Å². The van der Waals surface area contributed by atoms with E-state index in [-0.39, 0.29) is 0 Å². The average molecular weight is 644 g/mol. The predicted molar refractivity (Wildman–Crippen MR) is 205 cm³/mol. The lowest BCUT2D eigenvalue weighted by molar-refractivity contribution is 1.08. The van der Waals surface area contributed by atoms with Gasteiger partial charge in [0.15, 0.2) is 17.5 Å². The minimum atomic E-state index is 0.644. The van der Waals surface area contributed by atoms with Crippen molar-refractivity contribution in [2.24, 2.45) is 0 Å². The van der Waals surface area contributed by atoms with Gasteiger partial charge in [0.25, 0.3) is 0 Å². The molecule has 0 amide bonds. The molecule has 0 saturated heterocycles. The largest absolute Gasteiger partial charge is 0.208 e. The molecule has 0 unspecified atom stereocenters. The molecule has 0 spiro atoms. The molecule has 7 aromatic carbocycles. The summed E-state index contributed by atoms with van der Waals surface area (Å²) in [5, 5.41) is 2.47. The number of hydrogen-bond donors (Lipinski definition) is 0. The lowest BCUT2D eigenvalue weighted by atomic mass is 9.89. The van der Waals surface area contributed by atoms with Crippen molar-refractivity contribution in [2.75, 3.05) is 0 Å². The van der Waals surface area contributed by atoms with Crippen LogP contribution in [0.15, 0.2) is 176 Å². The van der Waals surface area contributed by atoms with E-state index in [0.717, 1.165) is 27.8 Å². The highest BCUT2D eigenvalue weighted by molar-refractivity contribution is 7.26. The van der Waals surface area contributed by atoms with E-state index in [2.05, 4.69) is 158 Å². The van der Waals surface area contributed by atoms with Crippen LogP contribution < -0.4 is 0 Å². The molecule has 4 heteroatoms. The monoisotopic (exact) mass is 643 g/mol. The Hall–Kier alpha value is -6.23. The van der Waals surface area contributed by atoms with Gasteiger partial charge in [-0.3, -0.25) is 0 Å². The molecule has 0 aliphatic carbocycles. The lowest BCUT2D eigenvalue weighted by Crippen LogP contribution is -2.00. The molecule has 0 aliphatic heterocycles. The van der Waals surface area contributed by atoms with Crippen LogP contribution in [0.1, 0.15) is 0 Å². The number of aromatic nitrogens is 3. The Morgan fingerprint density at radius 3 is 1.51 bits per heavy atom. The highest BCUT2D eigenvalue weighted by Crippen LogP contribution is 2.41. The summed E-state index contributed by atoms with van der Waals surface area (Å²) in [7, 11) is 0. The highest BCUT2D eigenvalue weighted by atomic mass is 32.1. The van der Waals surface area contributed by atoms with Gasteiger partial charge < -0.3 is 0 Å². The minimum absolute atomic E-state index is 0.644. The van der Waals surface area contributed by atoms with Gasteiger partial charge in [0, 0.05) is 36.9 Å². The van der Waals surface area contributed by atoms with Gasteiger partial charge in [-0.2, -0.15) is 0 Å². The second-order valence-corrected chi connectivity index (χ2v) is 13.0. The maximum absolute atomic E-state index is 5.17. The molecule has 49 heavy (non-hydrogen) atoms. The molecular formula is C45H29N3S. The number of hydrogen-bond acceptors (Lipinski definition) is 4. The van der Waals surface area contributed by atoms with Crippen LogP contribution in [0.5, 0.6) is 0 Å². The van der Waals surface area contributed by atoms with E-state index >= 15 is 0 Å². The van der Waals surface area contributed by atoms with Crippen LogP contribution in [0.2, 0.25) is 0 Å². The maximum atomic E-state index is 5.17. The van der Waals surface area contributed by atoms with Crippen LogP contribution in [0.25, 0.3) is 87.7 Å². The Balaban J connectivity index is 1.21. The van der Waals surface area contributed by atoms with Crippen LogP contribution in [0.4, 0.5) is 0 Å². The molecule has 2 heterocycles. The second-order valence-electron chi connectivity index (χ2n) is 12.0. The first-order chi connectivity index (χ1) is 24.3. The Morgan fingerprint density at radius 1 is 0.306 bits per heavy atom. The summed E-state index contributed by atoms with van der Waals surface area (Å²) in [6.45, 7) is 0. The Labute approximate surface area is 288 Å². The zero-order chi connectivity index (χ0) is 32.6. The molecule has 0 aliphatic rings. The summed E-state index contributed by atoms with van der Waals surface area (Å²) in [6.07, 6.45) is 0. The third-order valence-corrected chi connectivity index (χ3v) is 10.2. The predicted octanol–water partition coefficient (Wildman–Crippen LogP) is 12.2. The Kier molecular flexibility index (Phi) is 7.34. The van der Waals surface area contributed by atoms with Gasteiger partial charge in [-0.25, -0.2) is 15.0 Å². The van der Waals surface area contributed by atoms with Crippen molar-refractivity contribution in [2.45, 2.75) is 0 Å². The minimum Gasteiger partial charge on any atom is -0.208 e. The fourth-order valence-electron chi connectivity index (χ4n) is 6.65. The highest BCUT2D eigenvalue weighted by Gasteiger charge is 2.18. The number of rotatable bonds is 6. The Bertz CT molecular complexity index is 2610. The van der Waals surface area contributed by atoms with Gasteiger partial charge in [-0.1, -0.05) is 158 Å². The topological polar surface area (TPSA) is 38.7 Å². The Morgan fingerprint density at radius 2 is 0.776 bits per heavy atom. The third kappa shape index (κ3) is 5.38. The molecular weight excluding hydrogens is 615 g/mol. The second kappa shape index (κ2) is 12.4. The van der Waals surface area contributed by atoms with E-state index in [0.29, 0.717) is 17.5 Å². The van der Waals surface area contributed by atoms with E-state index in [4.69, 9.17) is 15.0 Å². The summed E-state index contributed by atoms with van der Waals surface area (Å²) in [5.74, 6) is 1.97. The van der Waals surface area contributed by atoms with E-state index in [1.54, 1.807) is 11.3 Å². The van der Waals surface area contributed by atoms with Crippen molar-refractivity contribution in [3.05, 3.63) is 176 Å². The molecule has 230 valence electrons. The van der Waals surface area contributed by atoms with E-state index in [1.165, 1.54) is 42.4 Å². The molecule has 0 fully saturated rings. The van der Waals surface area contributed by atoms with Gasteiger partial charge in [-0.15, -0.1) is 11.3 Å². The van der Waals surface area contributed by atoms with Crippen molar-refractivity contribution in [3.63, 3.8) is 0 Å². The zero-order valence-electron chi connectivity index (χ0n) is 26.5.